The van der Waals surface area contributed by atoms with Crippen LogP contribution in [-0.2, 0) is 47.4 Å². The Morgan fingerprint density at radius 2 is 1.70 bits per heavy atom. The van der Waals surface area contributed by atoms with Gasteiger partial charge < -0.3 is 58.0 Å². The highest BCUT2D eigenvalue weighted by molar-refractivity contribution is 5.89. The summed E-state index contributed by atoms with van der Waals surface area (Å²) in [5.41, 5.74) is 2.44. The van der Waals surface area contributed by atoms with Crippen molar-refractivity contribution in [2.75, 3.05) is 20.8 Å². The van der Waals surface area contributed by atoms with Crippen LogP contribution in [0, 0.1) is 11.8 Å². The first-order valence-electron chi connectivity index (χ1n) is 22.1. The molecule has 14 heteroatoms. The summed E-state index contributed by atoms with van der Waals surface area (Å²) in [6, 6.07) is 8.86. The van der Waals surface area contributed by atoms with Gasteiger partial charge in [-0.3, -0.25) is 4.79 Å². The van der Waals surface area contributed by atoms with Crippen molar-refractivity contribution in [2.45, 2.75) is 175 Å². The minimum Gasteiger partial charge on any atom is -0.469 e. The van der Waals surface area contributed by atoms with Crippen LogP contribution in [0.25, 0.3) is 0 Å². The molecule has 4 bridgehead atoms. The number of carbonyl (C=O) groups excluding carboxylic acids is 2. The predicted octanol–water partition coefficient (Wildman–Crippen LogP) is 4.91. The molecule has 0 spiro atoms. The summed E-state index contributed by atoms with van der Waals surface area (Å²) in [5.74, 6) is -2.07. The molecule has 6 heterocycles. The van der Waals surface area contributed by atoms with E-state index in [1.165, 1.54) is 7.11 Å². The number of aliphatic hydroxyl groups is 3. The SMILES string of the molecule is C=CCC1OC2CC(OC3(CCC4CC(=C)C(CCC5CC(C)C(=C)C(CC6OC(CC(O)CO)C(OC)C6CC(=O)OC)O5)O4)CC(O)C2O3)C1OC(=O)c1ccccc1. The third-order valence-electron chi connectivity index (χ3n) is 13.8. The molecule has 0 saturated carbocycles. The molecule has 0 aliphatic carbocycles. The Balaban J connectivity index is 0.949. The van der Waals surface area contributed by atoms with Crippen LogP contribution in [0.15, 0.2) is 67.3 Å². The van der Waals surface area contributed by atoms with E-state index in [0.29, 0.717) is 44.1 Å². The maximum atomic E-state index is 13.3. The van der Waals surface area contributed by atoms with Crippen molar-refractivity contribution in [3.63, 3.8) is 0 Å². The third-order valence-corrected chi connectivity index (χ3v) is 13.8. The van der Waals surface area contributed by atoms with E-state index in [4.69, 9.17) is 42.6 Å². The van der Waals surface area contributed by atoms with E-state index < -0.39 is 79.4 Å². The predicted molar refractivity (Wildman–Crippen MR) is 221 cm³/mol. The molecule has 7 rings (SSSR count). The maximum Gasteiger partial charge on any atom is 0.338 e. The second-order valence-corrected chi connectivity index (χ2v) is 18.0. The van der Waals surface area contributed by atoms with Crippen LogP contribution in [0.4, 0.5) is 0 Å². The zero-order valence-electron chi connectivity index (χ0n) is 35.8. The van der Waals surface area contributed by atoms with Crippen molar-refractivity contribution >= 4 is 11.9 Å². The van der Waals surface area contributed by atoms with Gasteiger partial charge in [-0.15, -0.1) is 6.58 Å². The molecule has 0 amide bonds. The van der Waals surface area contributed by atoms with E-state index in [1.54, 1.807) is 37.5 Å². The van der Waals surface area contributed by atoms with Crippen molar-refractivity contribution in [1.29, 1.82) is 0 Å². The Morgan fingerprint density at radius 3 is 2.43 bits per heavy atom. The zero-order chi connectivity index (χ0) is 43.4. The minimum atomic E-state index is -1.10. The molecule has 0 aromatic heterocycles. The highest BCUT2D eigenvalue weighted by Gasteiger charge is 2.59. The van der Waals surface area contributed by atoms with E-state index in [1.807, 2.05) is 6.07 Å². The highest BCUT2D eigenvalue weighted by atomic mass is 16.7. The van der Waals surface area contributed by atoms with Crippen LogP contribution in [0.3, 0.4) is 0 Å². The summed E-state index contributed by atoms with van der Waals surface area (Å²) in [6.07, 6.45) is 1.15. The van der Waals surface area contributed by atoms with E-state index in [2.05, 4.69) is 26.7 Å². The van der Waals surface area contributed by atoms with Crippen molar-refractivity contribution in [3.05, 3.63) is 72.9 Å². The summed E-state index contributed by atoms with van der Waals surface area (Å²) in [4.78, 5) is 25.7. The minimum absolute atomic E-state index is 0.0642. The number of benzene rings is 1. The van der Waals surface area contributed by atoms with Gasteiger partial charge in [0.2, 0.25) is 0 Å². The number of ether oxygens (including phenoxy) is 9. The summed E-state index contributed by atoms with van der Waals surface area (Å²) < 4.78 is 56.5. The molecule has 1 aromatic carbocycles. The molecule has 61 heavy (non-hydrogen) atoms. The van der Waals surface area contributed by atoms with Gasteiger partial charge in [0.1, 0.15) is 18.3 Å². The third kappa shape index (κ3) is 10.5. The lowest BCUT2D eigenvalue weighted by Crippen LogP contribution is -2.55. The lowest BCUT2D eigenvalue weighted by molar-refractivity contribution is -0.258. The first-order valence-corrected chi connectivity index (χ1v) is 22.1. The molecule has 6 aliphatic heterocycles. The molecule has 6 aliphatic rings. The Labute approximate surface area is 359 Å². The number of hydrogen-bond donors (Lipinski definition) is 3. The number of hydrogen-bond acceptors (Lipinski definition) is 14. The van der Waals surface area contributed by atoms with Crippen LogP contribution in [0.2, 0.25) is 0 Å². The fraction of sp³-hybridized carbons (Fsp3) is 0.702. The molecule has 17 unspecified atom stereocenters. The first-order chi connectivity index (χ1) is 29.3. The number of rotatable bonds is 18. The van der Waals surface area contributed by atoms with Gasteiger partial charge in [-0.1, -0.05) is 44.4 Å². The van der Waals surface area contributed by atoms with Crippen LogP contribution < -0.4 is 0 Å². The topological polar surface area (TPSA) is 178 Å². The molecule has 1 aromatic rings. The molecular weight excluding hydrogens is 789 g/mol. The lowest BCUT2D eigenvalue weighted by atomic mass is 9.82. The van der Waals surface area contributed by atoms with Gasteiger partial charge in [0.25, 0.3) is 0 Å². The van der Waals surface area contributed by atoms with Gasteiger partial charge in [-0.2, -0.15) is 0 Å². The number of aliphatic hydroxyl groups excluding tert-OH is 3. The summed E-state index contributed by atoms with van der Waals surface area (Å²) in [7, 11) is 2.91. The summed E-state index contributed by atoms with van der Waals surface area (Å²) in [5, 5.41) is 30.9. The molecule has 17 atom stereocenters. The Bertz CT molecular complexity index is 1690. The van der Waals surface area contributed by atoms with Gasteiger partial charge in [0.05, 0.1) is 86.7 Å². The maximum absolute atomic E-state index is 13.3. The second-order valence-electron chi connectivity index (χ2n) is 18.0. The largest absolute Gasteiger partial charge is 0.469 e. The zero-order valence-corrected chi connectivity index (χ0v) is 35.8. The lowest BCUT2D eigenvalue weighted by Gasteiger charge is -2.43. The van der Waals surface area contributed by atoms with Crippen LogP contribution in [0.5, 0.6) is 0 Å². The Kier molecular flexibility index (Phi) is 15.2. The molecule has 6 fully saturated rings. The Hall–Kier alpha value is -3.02. The second kappa shape index (κ2) is 20.2. The van der Waals surface area contributed by atoms with E-state index in [-0.39, 0.29) is 61.5 Å². The van der Waals surface area contributed by atoms with Crippen molar-refractivity contribution in [3.8, 4) is 0 Å². The summed E-state index contributed by atoms with van der Waals surface area (Å²) >= 11 is 0. The summed E-state index contributed by atoms with van der Waals surface area (Å²) in [6.45, 7) is 14.4. The van der Waals surface area contributed by atoms with Gasteiger partial charge in [0, 0.05) is 45.1 Å². The van der Waals surface area contributed by atoms with Crippen LogP contribution >= 0.6 is 0 Å². The number of fused-ring (bicyclic) bond motifs is 5. The van der Waals surface area contributed by atoms with E-state index in [0.717, 1.165) is 30.4 Å². The van der Waals surface area contributed by atoms with Crippen LogP contribution in [0.1, 0.15) is 94.3 Å². The van der Waals surface area contributed by atoms with Gasteiger partial charge >= 0.3 is 11.9 Å². The van der Waals surface area contributed by atoms with Gasteiger partial charge in [-0.25, -0.2) is 4.79 Å². The highest BCUT2D eigenvalue weighted by Crippen LogP contribution is 2.48. The van der Waals surface area contributed by atoms with Crippen LogP contribution in [-0.4, -0.2) is 139 Å². The molecule has 14 nitrogen and oxygen atoms in total. The normalized spacial score (nSPS) is 40.1. The molecular formula is C47H66O14. The smallest absolute Gasteiger partial charge is 0.338 e. The van der Waals surface area contributed by atoms with Crippen molar-refractivity contribution in [2.24, 2.45) is 11.8 Å². The van der Waals surface area contributed by atoms with Crippen molar-refractivity contribution in [1.82, 2.24) is 0 Å². The molecule has 3 N–H and O–H groups in total. The average Bonchev–Trinajstić information content (AvgIpc) is 3.86. The Morgan fingerprint density at radius 1 is 0.934 bits per heavy atom. The number of methoxy groups -OCH3 is 2. The molecule has 0 radical (unpaired) electrons. The fourth-order valence-electron chi connectivity index (χ4n) is 10.6. The monoisotopic (exact) mass is 854 g/mol. The fourth-order valence-corrected chi connectivity index (χ4v) is 10.6. The quantitative estimate of drug-likeness (QED) is 0.134. The molecule has 338 valence electrons. The van der Waals surface area contributed by atoms with E-state index in [9.17, 15) is 24.9 Å². The van der Waals surface area contributed by atoms with Gasteiger partial charge in [0.15, 0.2) is 11.9 Å². The van der Waals surface area contributed by atoms with E-state index >= 15 is 0 Å². The number of esters is 2. The first kappa shape index (κ1) is 46.0. The number of carbonyl (C=O) groups is 2. The standard InChI is InChI=1S/C47H66O14/c1-7-11-36-45(59-46(52)29-12-9-8-10-13-29)41-23-40(57-36)44-34(50)24-47(60-41,61-44)17-16-32-19-27(3)35(55-32)15-14-31-18-26(2)28(4)37(56-31)22-38-33(21-42(51)53-5)43(54-6)39(58-38)20-30(49)25-48/h7-10,12-13,26,30-41,43-45,48-50H,1,3-4,11,14-25H2,2,5-6H3. The molecule has 6 saturated heterocycles. The average molecular weight is 855 g/mol. The van der Waals surface area contributed by atoms with Crippen molar-refractivity contribution < 1.29 is 67.5 Å². The van der Waals surface area contributed by atoms with Gasteiger partial charge in [-0.05, 0) is 67.7 Å².